The van der Waals surface area contributed by atoms with Crippen LogP contribution in [-0.2, 0) is 0 Å². The van der Waals surface area contributed by atoms with Gasteiger partial charge in [-0.25, -0.2) is 14.6 Å². The van der Waals surface area contributed by atoms with Crippen LogP contribution in [0.5, 0.6) is 0 Å². The molecule has 0 aliphatic carbocycles. The number of carbonyl (C=O) groups is 2. The molecule has 5 nitrogen and oxygen atoms in total. The Morgan fingerprint density at radius 2 is 1.08 bits per heavy atom. The number of hydrogen-bond acceptors (Lipinski definition) is 3. The minimum absolute atomic E-state index is 0.331. The molecular weight excluding hydrogens is 325 g/mol. The lowest BCUT2D eigenvalue weighted by Gasteiger charge is -1.88. The summed E-state index contributed by atoms with van der Waals surface area (Å²) < 4.78 is 11.8. The van der Waals surface area contributed by atoms with Crippen molar-refractivity contribution in [1.82, 2.24) is 4.98 Å². The predicted molar refractivity (Wildman–Crippen MR) is 91.0 cm³/mol. The molecule has 0 saturated carbocycles. The maximum absolute atomic E-state index is 11.8. The van der Waals surface area contributed by atoms with Crippen molar-refractivity contribution >= 4 is 11.9 Å². The van der Waals surface area contributed by atoms with Gasteiger partial charge in [0, 0.05) is 6.20 Å². The summed E-state index contributed by atoms with van der Waals surface area (Å²) in [5, 5.41) is 16.8. The van der Waals surface area contributed by atoms with E-state index in [4.69, 9.17) is 10.2 Å². The van der Waals surface area contributed by atoms with E-state index < -0.39 is 17.9 Å². The van der Waals surface area contributed by atoms with Gasteiger partial charge in [0.1, 0.15) is 0 Å². The Morgan fingerprint density at radius 3 is 1.28 bits per heavy atom. The summed E-state index contributed by atoms with van der Waals surface area (Å²) in [5.41, 5.74) is 0.662. The van der Waals surface area contributed by atoms with Crippen molar-refractivity contribution in [1.29, 1.82) is 0 Å². The van der Waals surface area contributed by atoms with E-state index in [1.807, 2.05) is 0 Å². The molecule has 0 atom stereocenters. The molecule has 0 spiro atoms. The van der Waals surface area contributed by atoms with E-state index >= 15 is 0 Å². The molecule has 0 fully saturated rings. The van der Waals surface area contributed by atoms with Gasteiger partial charge in [-0.05, 0) is 36.4 Å². The first-order valence-corrected chi connectivity index (χ1v) is 7.14. The fourth-order valence-electron chi connectivity index (χ4n) is 1.50. The summed E-state index contributed by atoms with van der Waals surface area (Å²) in [4.78, 5) is 23.7. The van der Waals surface area contributed by atoms with Gasteiger partial charge in [0.15, 0.2) is 0 Å². The largest absolute Gasteiger partial charge is 0.478 e. The minimum atomic E-state index is -0.879. The molecule has 1 heterocycles. The van der Waals surface area contributed by atoms with E-state index in [0.29, 0.717) is 11.1 Å². The number of aromatic nitrogens is 1. The molecule has 0 amide bonds. The molecule has 3 rings (SSSR count). The Balaban J connectivity index is 0.000000189. The van der Waals surface area contributed by atoms with Crippen molar-refractivity contribution in [3.8, 4) is 0 Å². The molecule has 3 aromatic rings. The Labute approximate surface area is 144 Å². The lowest BCUT2D eigenvalue weighted by atomic mass is 10.2. The third-order valence-corrected chi connectivity index (χ3v) is 2.67. The number of aromatic carboxylic acids is 2. The number of nitrogens with zero attached hydrogens (tertiary/aromatic N) is 1. The van der Waals surface area contributed by atoms with Crippen LogP contribution in [0.2, 0.25) is 0 Å². The van der Waals surface area contributed by atoms with Crippen molar-refractivity contribution < 1.29 is 24.2 Å². The normalized spacial score (nSPS) is 8.84. The first kappa shape index (κ1) is 19.5. The van der Waals surface area contributed by atoms with Crippen LogP contribution in [0.1, 0.15) is 20.7 Å². The molecule has 6 heteroatoms. The van der Waals surface area contributed by atoms with E-state index in [1.54, 1.807) is 72.8 Å². The van der Waals surface area contributed by atoms with Gasteiger partial charge < -0.3 is 10.2 Å². The molecular formula is C19H16FNO4. The van der Waals surface area contributed by atoms with Crippen molar-refractivity contribution in [2.24, 2.45) is 0 Å². The highest BCUT2D eigenvalue weighted by Gasteiger charge is 1.97. The van der Waals surface area contributed by atoms with Gasteiger partial charge >= 0.3 is 11.9 Å². The van der Waals surface area contributed by atoms with Crippen molar-refractivity contribution in [3.05, 3.63) is 102 Å². The fraction of sp³-hybridized carbons (Fsp3) is 0. The van der Waals surface area contributed by atoms with Gasteiger partial charge in [0.2, 0.25) is 5.95 Å². The fourth-order valence-corrected chi connectivity index (χ4v) is 1.50. The molecule has 2 aromatic carbocycles. The molecule has 0 saturated heterocycles. The summed E-state index contributed by atoms with van der Waals surface area (Å²) in [6, 6.07) is 21.2. The van der Waals surface area contributed by atoms with Crippen LogP contribution >= 0.6 is 0 Å². The zero-order valence-corrected chi connectivity index (χ0v) is 13.1. The Kier molecular flexibility index (Phi) is 8.63. The summed E-state index contributed by atoms with van der Waals surface area (Å²) in [6.07, 6.45) is 1.41. The van der Waals surface area contributed by atoms with E-state index in [-0.39, 0.29) is 0 Å². The van der Waals surface area contributed by atoms with Crippen LogP contribution in [0.15, 0.2) is 85.1 Å². The maximum atomic E-state index is 11.8. The molecule has 0 aliphatic rings. The van der Waals surface area contributed by atoms with E-state index in [1.165, 1.54) is 12.3 Å². The van der Waals surface area contributed by atoms with E-state index in [0.717, 1.165) is 0 Å². The maximum Gasteiger partial charge on any atom is 0.335 e. The SMILES string of the molecule is Fc1ccccn1.O=C(O)c1ccccc1.O=C(O)c1ccccc1. The number of halogens is 1. The highest BCUT2D eigenvalue weighted by atomic mass is 19.1. The van der Waals surface area contributed by atoms with Gasteiger partial charge in [-0.3, -0.25) is 0 Å². The molecule has 25 heavy (non-hydrogen) atoms. The second kappa shape index (κ2) is 11.1. The quantitative estimate of drug-likeness (QED) is 0.688. The predicted octanol–water partition coefficient (Wildman–Crippen LogP) is 3.99. The van der Waals surface area contributed by atoms with Crippen LogP contribution in [-0.4, -0.2) is 27.1 Å². The second-order valence-corrected chi connectivity index (χ2v) is 4.49. The Hall–Kier alpha value is -3.54. The zero-order valence-electron chi connectivity index (χ0n) is 13.1. The lowest BCUT2D eigenvalue weighted by molar-refractivity contribution is 0.0686. The molecule has 1 aromatic heterocycles. The van der Waals surface area contributed by atoms with E-state index in [9.17, 15) is 14.0 Å². The third kappa shape index (κ3) is 8.61. The highest BCUT2D eigenvalue weighted by Crippen LogP contribution is 1.96. The Morgan fingerprint density at radius 1 is 0.680 bits per heavy atom. The number of rotatable bonds is 2. The molecule has 0 unspecified atom stereocenters. The number of pyridine rings is 1. The number of benzene rings is 2. The minimum Gasteiger partial charge on any atom is -0.478 e. The van der Waals surface area contributed by atoms with Gasteiger partial charge in [0.25, 0.3) is 0 Å². The van der Waals surface area contributed by atoms with Crippen molar-refractivity contribution in [3.63, 3.8) is 0 Å². The van der Waals surface area contributed by atoms with Gasteiger partial charge in [-0.1, -0.05) is 42.5 Å². The van der Waals surface area contributed by atoms with Crippen molar-refractivity contribution in [2.45, 2.75) is 0 Å². The summed E-state index contributed by atoms with van der Waals surface area (Å²) >= 11 is 0. The standard InChI is InChI=1S/2C7H6O2.C5H4FN/c2*8-7(9)6-4-2-1-3-5-6;6-5-3-1-2-4-7-5/h2*1-5H,(H,8,9);1-4H. The molecule has 128 valence electrons. The molecule has 0 aliphatic heterocycles. The molecule has 0 bridgehead atoms. The lowest BCUT2D eigenvalue weighted by Crippen LogP contribution is -1.93. The Bertz CT molecular complexity index is 716. The van der Waals surface area contributed by atoms with E-state index in [2.05, 4.69) is 4.98 Å². The number of carboxylic acid groups (broad SMARTS) is 2. The third-order valence-electron chi connectivity index (χ3n) is 2.67. The monoisotopic (exact) mass is 341 g/mol. The average Bonchev–Trinajstić information content (AvgIpc) is 2.65. The van der Waals surface area contributed by atoms with Gasteiger partial charge in [-0.2, -0.15) is 4.39 Å². The first-order chi connectivity index (χ1) is 12.0. The van der Waals surface area contributed by atoms with Crippen molar-refractivity contribution in [2.75, 3.05) is 0 Å². The summed E-state index contributed by atoms with van der Waals surface area (Å²) in [6.45, 7) is 0. The number of carboxylic acids is 2. The number of hydrogen-bond donors (Lipinski definition) is 2. The molecule has 0 radical (unpaired) electrons. The van der Waals surface area contributed by atoms with Gasteiger partial charge in [-0.15, -0.1) is 0 Å². The topological polar surface area (TPSA) is 87.5 Å². The van der Waals surface area contributed by atoms with Gasteiger partial charge in [0.05, 0.1) is 11.1 Å². The smallest absolute Gasteiger partial charge is 0.335 e. The first-order valence-electron chi connectivity index (χ1n) is 7.14. The van der Waals surface area contributed by atoms with Crippen LogP contribution < -0.4 is 0 Å². The zero-order chi connectivity index (χ0) is 18.5. The van der Waals surface area contributed by atoms with Crippen LogP contribution in [0.25, 0.3) is 0 Å². The molecule has 2 N–H and O–H groups in total. The van der Waals surface area contributed by atoms with Crippen LogP contribution in [0.3, 0.4) is 0 Å². The van der Waals surface area contributed by atoms with Crippen LogP contribution in [0.4, 0.5) is 4.39 Å². The highest BCUT2D eigenvalue weighted by molar-refractivity contribution is 5.87. The summed E-state index contributed by atoms with van der Waals surface area (Å²) in [5.74, 6) is -2.19. The average molecular weight is 341 g/mol. The van der Waals surface area contributed by atoms with Crippen LogP contribution in [0, 0.1) is 5.95 Å². The summed E-state index contributed by atoms with van der Waals surface area (Å²) in [7, 11) is 0. The second-order valence-electron chi connectivity index (χ2n) is 4.49.